The number of fused-ring (bicyclic) bond motifs is 1. The molecule has 1 saturated heterocycles. The summed E-state index contributed by atoms with van der Waals surface area (Å²) in [5, 5.41) is 4.18. The normalized spacial score (nSPS) is 15.8. The van der Waals surface area contributed by atoms with Crippen molar-refractivity contribution >= 4 is 16.8 Å². The lowest BCUT2D eigenvalue weighted by Gasteiger charge is -2.36. The predicted octanol–water partition coefficient (Wildman–Crippen LogP) is 4.99. The topological polar surface area (TPSA) is 57.4 Å². The second-order valence-corrected chi connectivity index (χ2v) is 9.72. The number of aromatic amines is 1. The van der Waals surface area contributed by atoms with Crippen molar-refractivity contribution in [1.29, 1.82) is 0 Å². The zero-order valence-corrected chi connectivity index (χ0v) is 18.8. The number of hydrogen-bond acceptors (Lipinski definition) is 3. The number of carbonyl (C=O) groups excluding carboxylic acids is 1. The molecule has 1 amide bonds. The Morgan fingerprint density at radius 1 is 1.13 bits per heavy atom. The zero-order valence-electron chi connectivity index (χ0n) is 18.8. The lowest BCUT2D eigenvalue weighted by Crippen LogP contribution is -2.42. The van der Waals surface area contributed by atoms with Crippen molar-refractivity contribution in [1.82, 2.24) is 15.2 Å². The number of ether oxygens (including phenoxy) is 1. The minimum Gasteiger partial charge on any atom is -0.490 e. The number of H-pyrrole nitrogens is 1. The summed E-state index contributed by atoms with van der Waals surface area (Å²) in [6, 6.07) is 15.7. The van der Waals surface area contributed by atoms with Crippen molar-refractivity contribution in [3.63, 3.8) is 0 Å². The number of hydrogen-bond donors (Lipinski definition) is 2. The summed E-state index contributed by atoms with van der Waals surface area (Å²) in [6.07, 6.45) is 4.17. The van der Waals surface area contributed by atoms with Gasteiger partial charge in [-0.15, -0.1) is 0 Å². The summed E-state index contributed by atoms with van der Waals surface area (Å²) in [5.41, 5.74) is 3.13. The van der Waals surface area contributed by atoms with E-state index in [0.29, 0.717) is 17.5 Å². The Labute approximate surface area is 184 Å². The van der Waals surface area contributed by atoms with Crippen LogP contribution in [0.25, 0.3) is 10.9 Å². The van der Waals surface area contributed by atoms with Crippen LogP contribution in [0, 0.1) is 5.41 Å². The number of rotatable bonds is 6. The fourth-order valence-corrected chi connectivity index (χ4v) is 4.34. The maximum atomic E-state index is 12.7. The molecule has 164 valence electrons. The Balaban J connectivity index is 1.32. The van der Waals surface area contributed by atoms with Crippen molar-refractivity contribution < 1.29 is 9.53 Å². The van der Waals surface area contributed by atoms with E-state index in [1.54, 1.807) is 0 Å². The van der Waals surface area contributed by atoms with Gasteiger partial charge in [0.2, 0.25) is 0 Å². The molecule has 0 bridgehead atoms. The third kappa shape index (κ3) is 5.67. The molecule has 4 rings (SSSR count). The molecule has 0 unspecified atom stereocenters. The molecule has 1 aliphatic heterocycles. The van der Waals surface area contributed by atoms with E-state index in [2.05, 4.69) is 36.0 Å². The largest absolute Gasteiger partial charge is 0.490 e. The van der Waals surface area contributed by atoms with Gasteiger partial charge in [-0.05, 0) is 54.2 Å². The highest BCUT2D eigenvalue weighted by molar-refractivity contribution is 5.95. The van der Waals surface area contributed by atoms with Crippen LogP contribution in [0.5, 0.6) is 5.75 Å². The highest BCUT2D eigenvalue weighted by Gasteiger charge is 2.24. The Bertz CT molecular complexity index is 1030. The third-order valence-electron chi connectivity index (χ3n) is 5.76. The van der Waals surface area contributed by atoms with Crippen LogP contribution in [0.1, 0.15) is 49.5 Å². The summed E-state index contributed by atoms with van der Waals surface area (Å²) >= 11 is 0. The number of amides is 1. The molecule has 1 aromatic heterocycles. The summed E-state index contributed by atoms with van der Waals surface area (Å²) < 4.78 is 6.22. The van der Waals surface area contributed by atoms with Gasteiger partial charge >= 0.3 is 0 Å². The molecule has 0 radical (unpaired) electrons. The van der Waals surface area contributed by atoms with Gasteiger partial charge in [0.1, 0.15) is 11.9 Å². The first kappa shape index (κ1) is 21.4. The monoisotopic (exact) mass is 419 g/mol. The molecule has 5 nitrogen and oxygen atoms in total. The van der Waals surface area contributed by atoms with Crippen LogP contribution in [0.4, 0.5) is 0 Å². The molecule has 2 heterocycles. The third-order valence-corrected chi connectivity index (χ3v) is 5.76. The van der Waals surface area contributed by atoms with E-state index in [0.717, 1.165) is 54.7 Å². The van der Waals surface area contributed by atoms with Gasteiger partial charge in [0.05, 0.1) is 0 Å². The highest BCUT2D eigenvalue weighted by Crippen LogP contribution is 2.23. The highest BCUT2D eigenvalue weighted by atomic mass is 16.5. The summed E-state index contributed by atoms with van der Waals surface area (Å²) in [7, 11) is 0. The first-order valence-electron chi connectivity index (χ1n) is 11.2. The SMILES string of the molecule is CC(C)(C)CN1CCC(Oc2cccc(C(=O)NCc3cccc4[nH]ccc34)c2)CC1. The van der Waals surface area contributed by atoms with Crippen LogP contribution in [0.2, 0.25) is 0 Å². The molecule has 0 atom stereocenters. The molecule has 31 heavy (non-hydrogen) atoms. The second kappa shape index (κ2) is 9.15. The number of benzene rings is 2. The van der Waals surface area contributed by atoms with Crippen LogP contribution in [-0.4, -0.2) is 41.5 Å². The number of carbonyl (C=O) groups is 1. The van der Waals surface area contributed by atoms with E-state index >= 15 is 0 Å². The van der Waals surface area contributed by atoms with E-state index in [1.807, 2.05) is 54.7 Å². The van der Waals surface area contributed by atoms with Gasteiger partial charge in [0.15, 0.2) is 0 Å². The molecule has 3 aromatic rings. The lowest BCUT2D eigenvalue weighted by molar-refractivity contribution is 0.0808. The predicted molar refractivity (Wildman–Crippen MR) is 125 cm³/mol. The van der Waals surface area contributed by atoms with Crippen molar-refractivity contribution in [2.24, 2.45) is 5.41 Å². The van der Waals surface area contributed by atoms with E-state index in [4.69, 9.17) is 4.74 Å². The Morgan fingerprint density at radius 2 is 1.90 bits per heavy atom. The quantitative estimate of drug-likeness (QED) is 0.592. The summed E-state index contributed by atoms with van der Waals surface area (Å²) in [4.78, 5) is 18.5. The number of nitrogens with zero attached hydrogens (tertiary/aromatic N) is 1. The Kier molecular flexibility index (Phi) is 6.33. The second-order valence-electron chi connectivity index (χ2n) is 9.72. The van der Waals surface area contributed by atoms with Gasteiger partial charge in [-0.1, -0.05) is 39.0 Å². The summed E-state index contributed by atoms with van der Waals surface area (Å²) in [5.74, 6) is 0.688. The lowest BCUT2D eigenvalue weighted by atomic mass is 9.94. The fraction of sp³-hybridized carbons (Fsp3) is 0.423. The molecular weight excluding hydrogens is 386 g/mol. The number of likely N-dealkylation sites (tertiary alicyclic amines) is 1. The maximum Gasteiger partial charge on any atom is 0.251 e. The van der Waals surface area contributed by atoms with E-state index < -0.39 is 0 Å². The fourth-order valence-electron chi connectivity index (χ4n) is 4.34. The van der Waals surface area contributed by atoms with Crippen LogP contribution in [0.3, 0.4) is 0 Å². The Hall–Kier alpha value is -2.79. The average molecular weight is 420 g/mol. The van der Waals surface area contributed by atoms with Crippen LogP contribution < -0.4 is 10.1 Å². The zero-order chi connectivity index (χ0) is 21.8. The molecule has 0 spiro atoms. The van der Waals surface area contributed by atoms with Crippen LogP contribution in [0.15, 0.2) is 54.7 Å². The van der Waals surface area contributed by atoms with Crippen molar-refractivity contribution in [3.8, 4) is 5.75 Å². The van der Waals surface area contributed by atoms with Crippen molar-refractivity contribution in [2.75, 3.05) is 19.6 Å². The van der Waals surface area contributed by atoms with E-state index in [9.17, 15) is 4.79 Å². The van der Waals surface area contributed by atoms with Gasteiger partial charge < -0.3 is 19.9 Å². The molecular formula is C26H33N3O2. The van der Waals surface area contributed by atoms with Crippen molar-refractivity contribution in [2.45, 2.75) is 46.3 Å². The van der Waals surface area contributed by atoms with Gasteiger partial charge in [0.25, 0.3) is 5.91 Å². The van der Waals surface area contributed by atoms with Gasteiger partial charge in [0, 0.05) is 48.8 Å². The molecule has 1 fully saturated rings. The first-order chi connectivity index (χ1) is 14.9. The molecule has 5 heteroatoms. The number of aromatic nitrogens is 1. The van der Waals surface area contributed by atoms with Crippen molar-refractivity contribution in [3.05, 3.63) is 65.9 Å². The van der Waals surface area contributed by atoms with Gasteiger partial charge in [-0.25, -0.2) is 0 Å². The summed E-state index contributed by atoms with van der Waals surface area (Å²) in [6.45, 7) is 10.6. The minimum absolute atomic E-state index is 0.0852. The first-order valence-corrected chi connectivity index (χ1v) is 11.2. The minimum atomic E-state index is -0.0852. The maximum absolute atomic E-state index is 12.7. The average Bonchev–Trinajstić information content (AvgIpc) is 3.22. The smallest absolute Gasteiger partial charge is 0.251 e. The number of nitrogens with one attached hydrogen (secondary N) is 2. The standard InChI is InChI=1S/C26H33N3O2/c1-26(2,3)18-29-14-11-21(12-15-29)31-22-8-4-6-19(16-22)25(30)28-17-20-7-5-9-24-23(20)10-13-27-24/h4-10,13,16,21,27H,11-12,14-15,17-18H2,1-3H3,(H,28,30). The molecule has 1 aliphatic rings. The molecule has 0 saturated carbocycles. The van der Waals surface area contributed by atoms with Gasteiger partial charge in [-0.2, -0.15) is 0 Å². The molecule has 2 N–H and O–H groups in total. The van der Waals surface area contributed by atoms with E-state index in [-0.39, 0.29) is 12.0 Å². The van der Waals surface area contributed by atoms with Gasteiger partial charge in [-0.3, -0.25) is 4.79 Å². The van der Waals surface area contributed by atoms with Crippen LogP contribution >= 0.6 is 0 Å². The van der Waals surface area contributed by atoms with E-state index in [1.165, 1.54) is 0 Å². The molecule has 0 aliphatic carbocycles. The molecule has 2 aromatic carbocycles. The van der Waals surface area contributed by atoms with Crippen LogP contribution in [-0.2, 0) is 6.54 Å². The Morgan fingerprint density at radius 3 is 2.68 bits per heavy atom. The number of piperidine rings is 1.